The first-order valence-electron chi connectivity index (χ1n) is 9.15. The summed E-state index contributed by atoms with van der Waals surface area (Å²) < 4.78 is 3.81. The number of carbonyl (C=O) groups excluding carboxylic acids is 1. The molecule has 4 aromatic rings. The molecule has 0 atom stereocenters. The second-order valence-electron chi connectivity index (χ2n) is 6.62. The molecule has 0 unspecified atom stereocenters. The van der Waals surface area contributed by atoms with Crippen molar-refractivity contribution < 1.29 is 4.79 Å². The van der Waals surface area contributed by atoms with E-state index in [4.69, 9.17) is 0 Å². The van der Waals surface area contributed by atoms with E-state index in [1.807, 2.05) is 71.6 Å². The van der Waals surface area contributed by atoms with E-state index in [1.165, 1.54) is 6.33 Å². The third kappa shape index (κ3) is 4.54. The Labute approximate surface area is 163 Å². The van der Waals surface area contributed by atoms with Gasteiger partial charge in [-0.3, -0.25) is 4.79 Å². The number of hydrogen-bond donors (Lipinski definition) is 1. The minimum Gasteiger partial charge on any atom is -0.352 e. The highest BCUT2D eigenvalue weighted by atomic mass is 16.1. The molecule has 2 heterocycles. The van der Waals surface area contributed by atoms with Crippen LogP contribution in [0.5, 0.6) is 0 Å². The SMILES string of the molecule is O=C(Cc1ccc(-n2cccc2)cc1)NCc1cccc(Cn2cncn2)c1. The highest BCUT2D eigenvalue weighted by Crippen LogP contribution is 2.11. The van der Waals surface area contributed by atoms with Gasteiger partial charge in [-0.25, -0.2) is 9.67 Å². The lowest BCUT2D eigenvalue weighted by Crippen LogP contribution is -2.24. The maximum Gasteiger partial charge on any atom is 0.224 e. The fraction of sp³-hybridized carbons (Fsp3) is 0.136. The van der Waals surface area contributed by atoms with Crippen LogP contribution in [0.1, 0.15) is 16.7 Å². The zero-order valence-corrected chi connectivity index (χ0v) is 15.4. The first-order valence-corrected chi connectivity index (χ1v) is 9.15. The van der Waals surface area contributed by atoms with Gasteiger partial charge in [-0.15, -0.1) is 0 Å². The normalized spacial score (nSPS) is 10.7. The Balaban J connectivity index is 1.31. The van der Waals surface area contributed by atoms with Crippen LogP contribution in [0.3, 0.4) is 0 Å². The summed E-state index contributed by atoms with van der Waals surface area (Å²) in [6, 6.07) is 20.1. The maximum atomic E-state index is 12.3. The van der Waals surface area contributed by atoms with Crippen LogP contribution in [-0.2, 0) is 24.3 Å². The van der Waals surface area contributed by atoms with Crippen LogP contribution in [0.4, 0.5) is 0 Å². The van der Waals surface area contributed by atoms with Crippen molar-refractivity contribution in [2.75, 3.05) is 0 Å². The molecule has 0 aliphatic rings. The zero-order chi connectivity index (χ0) is 19.2. The van der Waals surface area contributed by atoms with Crippen LogP contribution < -0.4 is 5.32 Å². The van der Waals surface area contributed by atoms with E-state index in [-0.39, 0.29) is 5.91 Å². The number of nitrogens with zero attached hydrogens (tertiary/aromatic N) is 4. The zero-order valence-electron chi connectivity index (χ0n) is 15.4. The second-order valence-corrected chi connectivity index (χ2v) is 6.62. The van der Waals surface area contributed by atoms with E-state index in [9.17, 15) is 4.79 Å². The van der Waals surface area contributed by atoms with Gasteiger partial charge in [0.25, 0.3) is 0 Å². The van der Waals surface area contributed by atoms with Crippen molar-refractivity contribution in [3.8, 4) is 5.69 Å². The third-order valence-corrected chi connectivity index (χ3v) is 4.50. The molecule has 6 heteroatoms. The third-order valence-electron chi connectivity index (χ3n) is 4.50. The molecule has 0 saturated carbocycles. The molecule has 4 rings (SSSR count). The molecule has 28 heavy (non-hydrogen) atoms. The lowest BCUT2D eigenvalue weighted by Gasteiger charge is -2.08. The summed E-state index contributed by atoms with van der Waals surface area (Å²) in [6.07, 6.45) is 7.58. The first-order chi connectivity index (χ1) is 13.8. The summed E-state index contributed by atoms with van der Waals surface area (Å²) in [5.41, 5.74) is 4.26. The molecule has 1 amide bonds. The molecule has 0 aliphatic heterocycles. The highest BCUT2D eigenvalue weighted by Gasteiger charge is 2.05. The van der Waals surface area contributed by atoms with Crippen LogP contribution in [0.15, 0.2) is 85.7 Å². The minimum atomic E-state index is 0.00962. The van der Waals surface area contributed by atoms with Gasteiger partial charge in [-0.1, -0.05) is 36.4 Å². The molecule has 6 nitrogen and oxygen atoms in total. The van der Waals surface area contributed by atoms with Gasteiger partial charge in [-0.05, 0) is 41.0 Å². The second kappa shape index (κ2) is 8.35. The summed E-state index contributed by atoms with van der Waals surface area (Å²) in [5.74, 6) is 0.00962. The lowest BCUT2D eigenvalue weighted by atomic mass is 10.1. The van der Waals surface area contributed by atoms with E-state index in [0.717, 1.165) is 22.4 Å². The van der Waals surface area contributed by atoms with Gasteiger partial charge in [0.05, 0.1) is 13.0 Å². The maximum absolute atomic E-state index is 12.3. The van der Waals surface area contributed by atoms with E-state index in [0.29, 0.717) is 19.5 Å². The largest absolute Gasteiger partial charge is 0.352 e. The van der Waals surface area contributed by atoms with Crippen molar-refractivity contribution in [1.82, 2.24) is 24.6 Å². The fourth-order valence-corrected chi connectivity index (χ4v) is 3.08. The van der Waals surface area contributed by atoms with Crippen LogP contribution in [0.2, 0.25) is 0 Å². The van der Waals surface area contributed by atoms with Crippen LogP contribution in [0, 0.1) is 0 Å². The van der Waals surface area contributed by atoms with Crippen LogP contribution in [-0.4, -0.2) is 25.2 Å². The number of rotatable bonds is 7. The monoisotopic (exact) mass is 371 g/mol. The van der Waals surface area contributed by atoms with Gasteiger partial charge >= 0.3 is 0 Å². The Hall–Kier alpha value is -3.67. The van der Waals surface area contributed by atoms with Gasteiger partial charge in [0, 0.05) is 24.6 Å². The lowest BCUT2D eigenvalue weighted by molar-refractivity contribution is -0.120. The predicted octanol–water partition coefficient (Wildman–Crippen LogP) is 2.98. The summed E-state index contributed by atoms with van der Waals surface area (Å²) in [6.45, 7) is 1.17. The van der Waals surface area contributed by atoms with Gasteiger partial charge < -0.3 is 9.88 Å². The molecule has 0 saturated heterocycles. The van der Waals surface area contributed by atoms with Crippen LogP contribution >= 0.6 is 0 Å². The van der Waals surface area contributed by atoms with Crippen molar-refractivity contribution in [3.05, 3.63) is 102 Å². The summed E-state index contributed by atoms with van der Waals surface area (Å²) >= 11 is 0. The fourth-order valence-electron chi connectivity index (χ4n) is 3.08. The summed E-state index contributed by atoms with van der Waals surface area (Å²) in [7, 11) is 0. The summed E-state index contributed by atoms with van der Waals surface area (Å²) in [4.78, 5) is 16.3. The predicted molar refractivity (Wildman–Crippen MR) is 107 cm³/mol. The molecule has 2 aromatic carbocycles. The minimum absolute atomic E-state index is 0.00962. The van der Waals surface area contributed by atoms with Gasteiger partial charge in [0.15, 0.2) is 0 Å². The number of carbonyl (C=O) groups is 1. The van der Waals surface area contributed by atoms with Crippen LogP contribution in [0.25, 0.3) is 5.69 Å². The number of hydrogen-bond acceptors (Lipinski definition) is 3. The molecular formula is C22H21N5O. The Bertz CT molecular complexity index is 1020. The average molecular weight is 371 g/mol. The quantitative estimate of drug-likeness (QED) is 0.543. The molecule has 1 N–H and O–H groups in total. The molecule has 2 aromatic heterocycles. The number of benzene rings is 2. The number of nitrogens with one attached hydrogen (secondary N) is 1. The Morgan fingerprint density at radius 1 is 0.929 bits per heavy atom. The topological polar surface area (TPSA) is 64.7 Å². The summed E-state index contributed by atoms with van der Waals surface area (Å²) in [5, 5.41) is 7.12. The van der Waals surface area contributed by atoms with Crippen molar-refractivity contribution in [3.63, 3.8) is 0 Å². The van der Waals surface area contributed by atoms with Gasteiger partial charge in [-0.2, -0.15) is 5.10 Å². The standard InChI is InChI=1S/C22H21N5O/c28-22(13-18-6-8-21(9-7-18)26-10-1-2-11-26)24-14-19-4-3-5-20(12-19)15-27-17-23-16-25-27/h1-12,16-17H,13-15H2,(H,24,28). The smallest absolute Gasteiger partial charge is 0.224 e. The van der Waals surface area contributed by atoms with Crippen molar-refractivity contribution in [2.24, 2.45) is 0 Å². The Morgan fingerprint density at radius 3 is 2.46 bits per heavy atom. The molecule has 140 valence electrons. The van der Waals surface area contributed by atoms with E-state index in [1.54, 1.807) is 11.0 Å². The highest BCUT2D eigenvalue weighted by molar-refractivity contribution is 5.78. The first kappa shape index (κ1) is 17.7. The van der Waals surface area contributed by atoms with Gasteiger partial charge in [0.2, 0.25) is 5.91 Å². The van der Waals surface area contributed by atoms with Crippen molar-refractivity contribution in [1.29, 1.82) is 0 Å². The molecule has 0 aliphatic carbocycles. The van der Waals surface area contributed by atoms with Gasteiger partial charge in [0.1, 0.15) is 12.7 Å². The van der Waals surface area contributed by atoms with Crippen molar-refractivity contribution >= 4 is 5.91 Å². The molecule has 0 fully saturated rings. The van der Waals surface area contributed by atoms with Crippen molar-refractivity contribution in [2.45, 2.75) is 19.5 Å². The van der Waals surface area contributed by atoms with E-state index < -0.39 is 0 Å². The molecule has 0 bridgehead atoms. The number of aromatic nitrogens is 4. The molecule has 0 spiro atoms. The Morgan fingerprint density at radius 2 is 1.71 bits per heavy atom. The van der Waals surface area contributed by atoms with E-state index >= 15 is 0 Å². The Kier molecular flexibility index (Phi) is 5.29. The average Bonchev–Trinajstić information content (AvgIpc) is 3.42. The molecular weight excluding hydrogens is 350 g/mol. The number of amides is 1. The van der Waals surface area contributed by atoms with E-state index in [2.05, 4.69) is 21.5 Å². The molecule has 0 radical (unpaired) electrons.